The van der Waals surface area contributed by atoms with Crippen LogP contribution < -0.4 is 9.30 Å². The van der Waals surface area contributed by atoms with Crippen LogP contribution in [-0.2, 0) is 26.5 Å². The normalized spacial score (nSPS) is 13.5. The third-order valence-corrected chi connectivity index (χ3v) is 15.0. The fourth-order valence-corrected chi connectivity index (χ4v) is 11.5. The molecule has 0 aliphatic rings. The monoisotopic (exact) mass is 1200 g/mol. The van der Waals surface area contributed by atoms with Crippen molar-refractivity contribution in [1.82, 2.24) is 19.1 Å². The molecule has 14 aromatic rings. The Labute approximate surface area is 479 Å². The van der Waals surface area contributed by atoms with E-state index in [1.807, 2.05) is 116 Å². The van der Waals surface area contributed by atoms with Crippen LogP contribution in [0.5, 0.6) is 11.5 Å². The molecule has 5 heterocycles. The van der Waals surface area contributed by atoms with Gasteiger partial charge in [-0.3, -0.25) is 9.55 Å². The Morgan fingerprint density at radius 1 is 0.558 bits per heavy atom. The molecule has 0 aliphatic carbocycles. The topological polar surface area (TPSA) is 48.8 Å². The second kappa shape index (κ2) is 19.4. The minimum absolute atomic E-state index is 0. The van der Waals surface area contributed by atoms with E-state index in [9.17, 15) is 5.48 Å². The molecule has 0 amide bonds. The van der Waals surface area contributed by atoms with Gasteiger partial charge < -0.3 is 13.9 Å². The SMILES string of the molecule is [2H]c1c([2H])c([2H])c(-c2cccc(-c3c([2H])c([2H])c([2H])c([2H])c3[2H])c2-[n+]2[c-]n(-c3[c-]c(Oc4[c-]c5c(cc4)c4ccccc4n5-c4cc(C(C)(C)C)ccn4)cc(-c4ccccc4-c4nccc5c4sc4ccccc45)c3)c3ccccc32)c([2H])c1[2H].[Pt]. The summed E-state index contributed by atoms with van der Waals surface area (Å²) in [5.41, 5.74) is 7.47. The zero-order chi connectivity index (χ0) is 59.6. The van der Waals surface area contributed by atoms with Crippen molar-refractivity contribution in [2.75, 3.05) is 0 Å². The van der Waals surface area contributed by atoms with Gasteiger partial charge in [-0.05, 0) is 80.2 Å². The molecule has 0 fully saturated rings. The van der Waals surface area contributed by atoms with Crippen molar-refractivity contribution in [3.05, 3.63) is 255 Å². The number of ether oxygens (including phenoxy) is 1. The fourth-order valence-electron chi connectivity index (χ4n) is 10.3. The average molecular weight is 1200 g/mol. The van der Waals surface area contributed by atoms with Crippen LogP contribution in [0.2, 0.25) is 0 Å². The van der Waals surface area contributed by atoms with Crippen molar-refractivity contribution in [2.45, 2.75) is 26.2 Å². The maximum atomic E-state index is 9.24. The second-order valence-corrected chi connectivity index (χ2v) is 20.5. The van der Waals surface area contributed by atoms with Gasteiger partial charge in [-0.1, -0.05) is 190 Å². The molecule has 77 heavy (non-hydrogen) atoms. The standard InChI is InChI=1S/C69H47N5OS.Pt/c1-69(2,3)48-35-37-70-65(41-48)74-60-29-14-12-24-55(60)56-34-33-50(43-63(56)74)75-51-40-47(52-23-10-11-26-58(52)66-68-59(36-38-71-66)57-25-13-17-32-64(57)76-68)39-49(42-51)72-44-73(62-31-16-15-30-61(62)72)67-53(45-19-6-4-7-20-45)27-18-28-54(67)46-21-8-5-9-22-46;/h4-41H,1-3H3;/q-2;/i4D,5D,6D,7D,8D,9D,19D,20D,21D,22D;. The number of benzene rings is 9. The van der Waals surface area contributed by atoms with Gasteiger partial charge in [-0.25, -0.2) is 4.98 Å². The third-order valence-electron chi connectivity index (χ3n) is 13.8. The first-order valence-corrected chi connectivity index (χ1v) is 25.5. The maximum absolute atomic E-state index is 9.24. The molecule has 14 rings (SSSR count). The number of pyridine rings is 2. The molecule has 0 bridgehead atoms. The summed E-state index contributed by atoms with van der Waals surface area (Å²) >= 11 is 1.68. The molecular formula is C69H47N5OPtS-2. The molecule has 5 aromatic heterocycles. The van der Waals surface area contributed by atoms with Gasteiger partial charge in [0.15, 0.2) is 0 Å². The van der Waals surface area contributed by atoms with E-state index in [1.54, 1.807) is 38.7 Å². The molecule has 0 spiro atoms. The van der Waals surface area contributed by atoms with Gasteiger partial charge in [-0.2, -0.15) is 12.1 Å². The van der Waals surface area contributed by atoms with Gasteiger partial charge in [0.2, 0.25) is 0 Å². The molecule has 8 heteroatoms. The first kappa shape index (κ1) is 37.9. The second-order valence-electron chi connectivity index (χ2n) is 19.5. The van der Waals surface area contributed by atoms with Crippen LogP contribution in [0.3, 0.4) is 0 Å². The van der Waals surface area contributed by atoms with Crippen LogP contribution in [0, 0.1) is 18.5 Å². The number of hydrogen-bond donors (Lipinski definition) is 0. The van der Waals surface area contributed by atoms with Gasteiger partial charge in [0.1, 0.15) is 5.82 Å². The summed E-state index contributed by atoms with van der Waals surface area (Å²) in [7, 11) is 0. The molecule has 0 saturated carbocycles. The molecule has 6 nitrogen and oxygen atoms in total. The summed E-state index contributed by atoms with van der Waals surface area (Å²) in [5.74, 6) is 1.44. The number of nitrogens with zero attached hydrogens (tertiary/aromatic N) is 5. The summed E-state index contributed by atoms with van der Waals surface area (Å²) in [6.45, 7) is 6.52. The summed E-state index contributed by atoms with van der Waals surface area (Å²) in [6, 6.07) is 52.6. The Morgan fingerprint density at radius 3 is 1.99 bits per heavy atom. The predicted molar refractivity (Wildman–Crippen MR) is 311 cm³/mol. The molecule has 372 valence electrons. The van der Waals surface area contributed by atoms with Crippen molar-refractivity contribution in [1.29, 1.82) is 0 Å². The van der Waals surface area contributed by atoms with Gasteiger partial charge in [0, 0.05) is 71.5 Å². The first-order valence-electron chi connectivity index (χ1n) is 29.7. The molecular weight excluding hydrogens is 1140 g/mol. The number of rotatable bonds is 9. The summed E-state index contributed by atoms with van der Waals surface area (Å²) in [6.07, 6.45) is 7.23. The van der Waals surface area contributed by atoms with Crippen molar-refractivity contribution in [2.24, 2.45) is 0 Å². The third kappa shape index (κ3) is 8.44. The van der Waals surface area contributed by atoms with Gasteiger partial charge in [-0.15, -0.1) is 46.6 Å². The predicted octanol–water partition coefficient (Wildman–Crippen LogP) is 17.3. The number of fused-ring (bicyclic) bond motifs is 7. The zero-order valence-electron chi connectivity index (χ0n) is 51.5. The largest absolute Gasteiger partial charge is 0.510 e. The van der Waals surface area contributed by atoms with Crippen LogP contribution in [0.15, 0.2) is 231 Å². The molecule has 0 unspecified atom stereocenters. The summed E-state index contributed by atoms with van der Waals surface area (Å²) in [5, 5.41) is 4.20. The number of aromatic nitrogens is 5. The van der Waals surface area contributed by atoms with Crippen LogP contribution in [0.1, 0.15) is 40.0 Å². The molecule has 0 atom stereocenters. The van der Waals surface area contributed by atoms with E-state index < -0.39 is 60.4 Å². The molecule has 0 radical (unpaired) electrons. The first-order chi connectivity index (χ1) is 41.5. The number of para-hydroxylation sites is 4. The van der Waals surface area contributed by atoms with Crippen LogP contribution >= 0.6 is 11.3 Å². The van der Waals surface area contributed by atoms with E-state index in [0.717, 1.165) is 75.7 Å². The smallest absolute Gasteiger partial charge is 0.268 e. The molecule has 0 saturated heterocycles. The Hall–Kier alpha value is -8.74. The van der Waals surface area contributed by atoms with E-state index in [4.69, 9.17) is 22.9 Å². The van der Waals surface area contributed by atoms with Crippen LogP contribution in [0.25, 0.3) is 115 Å². The Kier molecular flexibility index (Phi) is 9.57. The van der Waals surface area contributed by atoms with Gasteiger partial charge >= 0.3 is 0 Å². The van der Waals surface area contributed by atoms with Crippen LogP contribution in [-0.4, -0.2) is 19.1 Å². The van der Waals surface area contributed by atoms with Gasteiger partial charge in [0.25, 0.3) is 6.33 Å². The molecule has 0 aliphatic heterocycles. The van der Waals surface area contributed by atoms with Crippen molar-refractivity contribution in [3.8, 4) is 73.3 Å². The zero-order valence-corrected chi connectivity index (χ0v) is 44.6. The van der Waals surface area contributed by atoms with E-state index in [0.29, 0.717) is 28.2 Å². The Morgan fingerprint density at radius 2 is 1.22 bits per heavy atom. The van der Waals surface area contributed by atoms with Crippen molar-refractivity contribution < 1.29 is 44.1 Å². The summed E-state index contributed by atoms with van der Waals surface area (Å²) < 4.78 is 104. The number of thiophene rings is 1. The maximum Gasteiger partial charge on any atom is 0.268 e. The average Bonchev–Trinajstić information content (AvgIpc) is 1.78. The van der Waals surface area contributed by atoms with E-state index in [1.165, 1.54) is 0 Å². The van der Waals surface area contributed by atoms with Crippen molar-refractivity contribution in [3.63, 3.8) is 0 Å². The minimum atomic E-state index is -0.586. The van der Waals surface area contributed by atoms with E-state index in [-0.39, 0.29) is 54.4 Å². The van der Waals surface area contributed by atoms with Gasteiger partial charge in [0.05, 0.1) is 40.8 Å². The molecule has 9 aromatic carbocycles. The van der Waals surface area contributed by atoms with Crippen molar-refractivity contribution >= 4 is 64.3 Å². The van der Waals surface area contributed by atoms with Crippen LogP contribution in [0.4, 0.5) is 0 Å². The summed E-state index contributed by atoms with van der Waals surface area (Å²) in [4.78, 5) is 9.95. The number of imidazole rings is 1. The van der Waals surface area contributed by atoms with E-state index >= 15 is 0 Å². The quantitative estimate of drug-likeness (QED) is 0.107. The minimum Gasteiger partial charge on any atom is -0.510 e. The molecule has 0 N–H and O–H groups in total. The fraction of sp³-hybridized carbons (Fsp3) is 0.0580. The van der Waals surface area contributed by atoms with E-state index in [2.05, 4.69) is 80.2 Å². The number of hydrogen-bond acceptors (Lipinski definition) is 4. The Bertz CT molecular complexity index is 5040. The Balaban J connectivity index is 0.00000700.